The SMILES string of the molecule is CCC1OCC1(Cl)Cl. The molecule has 0 amide bonds. The third-order valence-corrected chi connectivity index (χ3v) is 2.02. The maximum Gasteiger partial charge on any atom is 0.167 e. The van der Waals surface area contributed by atoms with Gasteiger partial charge in [0.2, 0.25) is 0 Å². The van der Waals surface area contributed by atoms with Crippen LogP contribution in [0.5, 0.6) is 0 Å². The molecule has 48 valence electrons. The smallest absolute Gasteiger partial charge is 0.167 e. The predicted molar refractivity (Wildman–Crippen MR) is 34.5 cm³/mol. The second-order valence-electron chi connectivity index (χ2n) is 1.97. The number of alkyl halides is 2. The second kappa shape index (κ2) is 2.05. The number of rotatable bonds is 1. The molecule has 1 heterocycles. The summed E-state index contributed by atoms with van der Waals surface area (Å²) in [4.78, 5) is 0. The lowest BCUT2D eigenvalue weighted by Gasteiger charge is -2.38. The molecule has 0 aromatic heterocycles. The molecule has 1 atom stereocenters. The van der Waals surface area contributed by atoms with E-state index in [1.165, 1.54) is 0 Å². The Balaban J connectivity index is 2.37. The van der Waals surface area contributed by atoms with Crippen molar-refractivity contribution < 1.29 is 4.74 Å². The fraction of sp³-hybridized carbons (Fsp3) is 1.00. The van der Waals surface area contributed by atoms with Crippen LogP contribution in [0.1, 0.15) is 13.3 Å². The van der Waals surface area contributed by atoms with Crippen LogP contribution < -0.4 is 0 Å². The van der Waals surface area contributed by atoms with Crippen LogP contribution in [-0.4, -0.2) is 17.0 Å². The summed E-state index contributed by atoms with van der Waals surface area (Å²) in [6, 6.07) is 0. The second-order valence-corrected chi connectivity index (χ2v) is 3.51. The third kappa shape index (κ3) is 0.949. The molecular formula is C5H8Cl2O. The molecule has 0 bridgehead atoms. The lowest BCUT2D eigenvalue weighted by atomic mass is 10.1. The molecule has 0 saturated carbocycles. The summed E-state index contributed by atoms with van der Waals surface area (Å²) in [7, 11) is 0. The molecule has 1 saturated heterocycles. The van der Waals surface area contributed by atoms with E-state index in [-0.39, 0.29) is 6.10 Å². The minimum absolute atomic E-state index is 0.0610. The molecule has 1 unspecified atom stereocenters. The highest BCUT2D eigenvalue weighted by atomic mass is 35.5. The zero-order chi connectivity index (χ0) is 6.20. The van der Waals surface area contributed by atoms with E-state index in [4.69, 9.17) is 27.9 Å². The van der Waals surface area contributed by atoms with Crippen molar-refractivity contribution in [2.45, 2.75) is 23.8 Å². The Morgan fingerprint density at radius 3 is 2.38 bits per heavy atom. The summed E-state index contributed by atoms with van der Waals surface area (Å²) >= 11 is 11.4. The number of hydrogen-bond donors (Lipinski definition) is 0. The van der Waals surface area contributed by atoms with Crippen LogP contribution in [0.25, 0.3) is 0 Å². The summed E-state index contributed by atoms with van der Waals surface area (Å²) < 4.78 is 4.44. The molecule has 0 aromatic rings. The van der Waals surface area contributed by atoms with E-state index in [9.17, 15) is 0 Å². The lowest BCUT2D eigenvalue weighted by molar-refractivity contribution is -0.0632. The fourth-order valence-electron chi connectivity index (χ4n) is 0.744. The normalized spacial score (nSPS) is 34.1. The van der Waals surface area contributed by atoms with Gasteiger partial charge in [-0.2, -0.15) is 0 Å². The Bertz CT molecular complexity index is 90.4. The van der Waals surface area contributed by atoms with Crippen molar-refractivity contribution in [1.82, 2.24) is 0 Å². The number of halogens is 2. The number of hydrogen-bond acceptors (Lipinski definition) is 1. The molecule has 0 aromatic carbocycles. The van der Waals surface area contributed by atoms with Gasteiger partial charge in [0, 0.05) is 0 Å². The molecule has 1 rings (SSSR count). The molecule has 0 aliphatic carbocycles. The minimum Gasteiger partial charge on any atom is -0.372 e. The maximum absolute atomic E-state index is 5.71. The summed E-state index contributed by atoms with van der Waals surface area (Å²) in [5, 5.41) is 0. The van der Waals surface area contributed by atoms with Gasteiger partial charge in [-0.25, -0.2) is 0 Å². The summed E-state index contributed by atoms with van der Waals surface area (Å²) in [6.07, 6.45) is 0.957. The van der Waals surface area contributed by atoms with Crippen LogP contribution in [0.15, 0.2) is 0 Å². The highest BCUT2D eigenvalue weighted by Gasteiger charge is 2.43. The number of ether oxygens (including phenoxy) is 1. The fourth-order valence-corrected chi connectivity index (χ4v) is 1.30. The van der Waals surface area contributed by atoms with E-state index in [1.54, 1.807) is 0 Å². The molecule has 8 heavy (non-hydrogen) atoms. The van der Waals surface area contributed by atoms with E-state index >= 15 is 0 Å². The van der Waals surface area contributed by atoms with Crippen molar-refractivity contribution >= 4 is 23.2 Å². The highest BCUT2D eigenvalue weighted by Crippen LogP contribution is 2.38. The van der Waals surface area contributed by atoms with Gasteiger partial charge in [-0.05, 0) is 6.42 Å². The molecular weight excluding hydrogens is 147 g/mol. The highest BCUT2D eigenvalue weighted by molar-refractivity contribution is 6.49. The van der Waals surface area contributed by atoms with E-state index in [2.05, 4.69) is 0 Å². The van der Waals surface area contributed by atoms with Crippen molar-refractivity contribution in [3.63, 3.8) is 0 Å². The first-order valence-corrected chi connectivity index (χ1v) is 3.42. The molecule has 1 aliphatic rings. The van der Waals surface area contributed by atoms with Crippen LogP contribution in [0, 0.1) is 0 Å². The Morgan fingerprint density at radius 2 is 2.38 bits per heavy atom. The van der Waals surface area contributed by atoms with Gasteiger partial charge in [0.05, 0.1) is 12.7 Å². The average molecular weight is 155 g/mol. The third-order valence-electron chi connectivity index (χ3n) is 1.32. The molecule has 0 N–H and O–H groups in total. The maximum atomic E-state index is 5.71. The van der Waals surface area contributed by atoms with E-state index < -0.39 is 4.33 Å². The van der Waals surface area contributed by atoms with Crippen LogP contribution in [-0.2, 0) is 4.74 Å². The van der Waals surface area contributed by atoms with E-state index in [1.807, 2.05) is 6.92 Å². The average Bonchev–Trinajstić information content (AvgIpc) is 1.66. The quantitative estimate of drug-likeness (QED) is 0.526. The Labute approximate surface area is 58.9 Å². The molecule has 3 heteroatoms. The van der Waals surface area contributed by atoms with Crippen LogP contribution in [0.4, 0.5) is 0 Å². The van der Waals surface area contributed by atoms with Crippen molar-refractivity contribution in [2.24, 2.45) is 0 Å². The molecule has 0 radical (unpaired) electrons. The van der Waals surface area contributed by atoms with Crippen molar-refractivity contribution in [1.29, 1.82) is 0 Å². The van der Waals surface area contributed by atoms with Gasteiger partial charge in [0.25, 0.3) is 0 Å². The lowest BCUT2D eigenvalue weighted by Crippen LogP contribution is -2.49. The molecule has 1 aliphatic heterocycles. The minimum atomic E-state index is -0.589. The van der Waals surface area contributed by atoms with Crippen molar-refractivity contribution in [3.8, 4) is 0 Å². The van der Waals surface area contributed by atoms with E-state index in [0.717, 1.165) is 6.42 Å². The van der Waals surface area contributed by atoms with Gasteiger partial charge in [0.1, 0.15) is 0 Å². The van der Waals surface area contributed by atoms with Crippen LogP contribution >= 0.6 is 23.2 Å². The zero-order valence-electron chi connectivity index (χ0n) is 4.66. The first kappa shape index (κ1) is 6.66. The molecule has 1 nitrogen and oxygen atoms in total. The topological polar surface area (TPSA) is 9.23 Å². The van der Waals surface area contributed by atoms with Crippen LogP contribution in [0.3, 0.4) is 0 Å². The summed E-state index contributed by atoms with van der Waals surface area (Å²) in [6.45, 7) is 2.48. The van der Waals surface area contributed by atoms with Gasteiger partial charge >= 0.3 is 0 Å². The Morgan fingerprint density at radius 1 is 1.75 bits per heavy atom. The van der Waals surface area contributed by atoms with Gasteiger partial charge < -0.3 is 4.74 Å². The monoisotopic (exact) mass is 154 g/mol. The van der Waals surface area contributed by atoms with Gasteiger partial charge in [0.15, 0.2) is 4.33 Å². The standard InChI is InChI=1S/C5H8Cl2O/c1-2-4-5(6,7)3-8-4/h4H,2-3H2,1H3. The summed E-state index contributed by atoms with van der Waals surface area (Å²) in [5.41, 5.74) is 0. The Kier molecular flexibility index (Phi) is 1.71. The zero-order valence-corrected chi connectivity index (χ0v) is 6.17. The van der Waals surface area contributed by atoms with Gasteiger partial charge in [-0.15, -0.1) is 0 Å². The Hall–Kier alpha value is 0.540. The molecule has 0 spiro atoms. The molecule has 1 fully saturated rings. The van der Waals surface area contributed by atoms with Gasteiger partial charge in [-0.1, -0.05) is 30.1 Å². The van der Waals surface area contributed by atoms with Crippen molar-refractivity contribution in [3.05, 3.63) is 0 Å². The largest absolute Gasteiger partial charge is 0.372 e. The van der Waals surface area contributed by atoms with Gasteiger partial charge in [-0.3, -0.25) is 0 Å². The van der Waals surface area contributed by atoms with Crippen molar-refractivity contribution in [2.75, 3.05) is 6.61 Å². The predicted octanol–water partition coefficient (Wildman–Crippen LogP) is 1.97. The first-order valence-electron chi connectivity index (χ1n) is 2.66. The first-order chi connectivity index (χ1) is 3.67. The summed E-state index contributed by atoms with van der Waals surface area (Å²) in [5.74, 6) is 0. The van der Waals surface area contributed by atoms with Crippen LogP contribution in [0.2, 0.25) is 0 Å². The van der Waals surface area contributed by atoms with E-state index in [0.29, 0.717) is 6.61 Å².